The number of nitrogens with two attached hydrogens (primary N) is 1. The van der Waals surface area contributed by atoms with Crippen LogP contribution in [0.4, 0.5) is 11.4 Å². The van der Waals surface area contributed by atoms with Crippen LogP contribution in [0.5, 0.6) is 0 Å². The number of fused-ring (bicyclic) bond motifs is 1. The van der Waals surface area contributed by atoms with Gasteiger partial charge in [0, 0.05) is 15.7 Å². The Morgan fingerprint density at radius 3 is 2.85 bits per heavy atom. The summed E-state index contributed by atoms with van der Waals surface area (Å²) in [4.78, 5) is 14.4. The molecular weight excluding hydrogens is 387 g/mol. The molecule has 0 aliphatic carbocycles. The van der Waals surface area contributed by atoms with Crippen molar-refractivity contribution in [3.05, 3.63) is 56.1 Å². The Morgan fingerprint density at radius 2 is 2.10 bits per heavy atom. The van der Waals surface area contributed by atoms with Gasteiger partial charge in [-0.05, 0) is 58.8 Å². The van der Waals surface area contributed by atoms with Gasteiger partial charge in [-0.15, -0.1) is 0 Å². The molecule has 0 radical (unpaired) electrons. The lowest BCUT2D eigenvalue weighted by Gasteiger charge is -2.19. The number of nitrogen functional groups attached to an aromatic ring is 1. The highest BCUT2D eigenvalue weighted by Crippen LogP contribution is 2.34. The van der Waals surface area contributed by atoms with Gasteiger partial charge in [-0.3, -0.25) is 4.79 Å². The van der Waals surface area contributed by atoms with Crippen molar-refractivity contribution in [1.82, 2.24) is 0 Å². The molecule has 1 heterocycles. The SMILES string of the molecule is Nc1cccc2c1N(C(=O)c1ccc(I)c(Cl)c1)CC2. The highest BCUT2D eigenvalue weighted by atomic mass is 127. The number of anilines is 2. The zero-order valence-electron chi connectivity index (χ0n) is 10.6. The summed E-state index contributed by atoms with van der Waals surface area (Å²) in [6, 6.07) is 11.1. The van der Waals surface area contributed by atoms with Crippen molar-refractivity contribution >= 4 is 51.5 Å². The maximum absolute atomic E-state index is 12.6. The Morgan fingerprint density at radius 1 is 1.30 bits per heavy atom. The number of carbonyl (C=O) groups excluding carboxylic acids is 1. The average Bonchev–Trinajstić information content (AvgIpc) is 2.86. The summed E-state index contributed by atoms with van der Waals surface area (Å²) in [6.45, 7) is 0.659. The van der Waals surface area contributed by atoms with Gasteiger partial charge in [0.05, 0.1) is 16.4 Å². The van der Waals surface area contributed by atoms with Crippen LogP contribution in [0.15, 0.2) is 36.4 Å². The average molecular weight is 399 g/mol. The van der Waals surface area contributed by atoms with Gasteiger partial charge >= 0.3 is 0 Å². The van der Waals surface area contributed by atoms with E-state index in [4.69, 9.17) is 17.3 Å². The first kappa shape index (κ1) is 13.7. The first-order valence-corrected chi connectivity index (χ1v) is 7.68. The fourth-order valence-electron chi connectivity index (χ4n) is 2.47. The molecule has 0 fully saturated rings. The molecule has 3 nitrogen and oxygen atoms in total. The van der Waals surface area contributed by atoms with Crippen LogP contribution in [0.1, 0.15) is 15.9 Å². The zero-order chi connectivity index (χ0) is 14.3. The standard InChI is InChI=1S/C15H12ClIN2O/c16-11-8-10(4-5-12(11)17)15(20)19-7-6-9-2-1-3-13(18)14(9)19/h1-5,8H,6-7,18H2. The Labute approximate surface area is 135 Å². The second-order valence-electron chi connectivity index (χ2n) is 4.69. The minimum Gasteiger partial charge on any atom is -0.397 e. The van der Waals surface area contributed by atoms with Gasteiger partial charge in [0.25, 0.3) is 5.91 Å². The lowest BCUT2D eigenvalue weighted by molar-refractivity contribution is 0.0989. The predicted octanol–water partition coefficient (Wildman–Crippen LogP) is 3.73. The van der Waals surface area contributed by atoms with Crippen LogP contribution in [0, 0.1) is 3.57 Å². The van der Waals surface area contributed by atoms with Crippen molar-refractivity contribution in [2.45, 2.75) is 6.42 Å². The highest BCUT2D eigenvalue weighted by Gasteiger charge is 2.27. The van der Waals surface area contributed by atoms with E-state index in [1.807, 2.05) is 24.3 Å². The van der Waals surface area contributed by atoms with E-state index < -0.39 is 0 Å². The molecule has 0 unspecified atom stereocenters. The number of halogens is 2. The number of carbonyl (C=O) groups is 1. The monoisotopic (exact) mass is 398 g/mol. The lowest BCUT2D eigenvalue weighted by Crippen LogP contribution is -2.29. The van der Waals surface area contributed by atoms with Gasteiger partial charge in [-0.1, -0.05) is 23.7 Å². The molecule has 2 N–H and O–H groups in total. The first-order chi connectivity index (χ1) is 9.58. The number of hydrogen-bond donors (Lipinski definition) is 1. The van der Waals surface area contributed by atoms with E-state index in [1.165, 1.54) is 0 Å². The van der Waals surface area contributed by atoms with Crippen LogP contribution >= 0.6 is 34.2 Å². The molecule has 3 rings (SSSR count). The van der Waals surface area contributed by atoms with Crippen molar-refractivity contribution in [2.24, 2.45) is 0 Å². The number of para-hydroxylation sites is 1. The number of amides is 1. The second kappa shape index (κ2) is 5.26. The van der Waals surface area contributed by atoms with Crippen molar-refractivity contribution < 1.29 is 4.79 Å². The minimum absolute atomic E-state index is 0.0556. The molecule has 0 atom stereocenters. The summed E-state index contributed by atoms with van der Waals surface area (Å²) >= 11 is 8.23. The largest absolute Gasteiger partial charge is 0.397 e. The second-order valence-corrected chi connectivity index (χ2v) is 6.26. The van der Waals surface area contributed by atoms with E-state index in [-0.39, 0.29) is 5.91 Å². The molecule has 0 bridgehead atoms. The predicted molar refractivity (Wildman–Crippen MR) is 90.4 cm³/mol. The number of nitrogens with zero attached hydrogens (tertiary/aromatic N) is 1. The van der Waals surface area contributed by atoms with Crippen molar-refractivity contribution in [3.8, 4) is 0 Å². The minimum atomic E-state index is -0.0556. The maximum atomic E-state index is 12.6. The van der Waals surface area contributed by atoms with Crippen LogP contribution < -0.4 is 10.6 Å². The Bertz CT molecular complexity index is 702. The van der Waals surface area contributed by atoms with Crippen LogP contribution in [0.2, 0.25) is 5.02 Å². The van der Waals surface area contributed by atoms with Gasteiger partial charge in [0.1, 0.15) is 0 Å². The number of hydrogen-bond acceptors (Lipinski definition) is 2. The normalized spacial score (nSPS) is 13.4. The van der Waals surface area contributed by atoms with Gasteiger partial charge < -0.3 is 10.6 Å². The van der Waals surface area contributed by atoms with Gasteiger partial charge in [0.2, 0.25) is 0 Å². The summed E-state index contributed by atoms with van der Waals surface area (Å²) in [6.07, 6.45) is 0.838. The molecule has 1 aliphatic rings. The topological polar surface area (TPSA) is 46.3 Å². The fourth-order valence-corrected chi connectivity index (χ4v) is 2.99. The molecule has 1 aliphatic heterocycles. The highest BCUT2D eigenvalue weighted by molar-refractivity contribution is 14.1. The molecule has 2 aromatic rings. The van der Waals surface area contributed by atoms with E-state index in [9.17, 15) is 4.79 Å². The third-order valence-corrected chi connectivity index (χ3v) is 5.01. The Balaban J connectivity index is 1.99. The van der Waals surface area contributed by atoms with E-state index in [1.54, 1.807) is 17.0 Å². The van der Waals surface area contributed by atoms with E-state index >= 15 is 0 Å². The van der Waals surface area contributed by atoms with Crippen molar-refractivity contribution in [2.75, 3.05) is 17.2 Å². The van der Waals surface area contributed by atoms with E-state index in [0.29, 0.717) is 22.8 Å². The van der Waals surface area contributed by atoms with Crippen LogP contribution in [-0.2, 0) is 6.42 Å². The lowest BCUT2D eigenvalue weighted by atomic mass is 10.1. The van der Waals surface area contributed by atoms with Crippen LogP contribution in [0.3, 0.4) is 0 Å². The Kier molecular flexibility index (Phi) is 3.60. The summed E-state index contributed by atoms with van der Waals surface area (Å²) in [5, 5.41) is 0.594. The summed E-state index contributed by atoms with van der Waals surface area (Å²) in [5.74, 6) is -0.0556. The number of rotatable bonds is 1. The molecular formula is C15H12ClIN2O. The van der Waals surface area contributed by atoms with Gasteiger partial charge in [-0.2, -0.15) is 0 Å². The third-order valence-electron chi connectivity index (χ3n) is 3.44. The zero-order valence-corrected chi connectivity index (χ0v) is 13.5. The van der Waals surface area contributed by atoms with Crippen LogP contribution in [-0.4, -0.2) is 12.5 Å². The molecule has 1 amide bonds. The van der Waals surface area contributed by atoms with Gasteiger partial charge in [-0.25, -0.2) is 0 Å². The summed E-state index contributed by atoms with van der Waals surface area (Å²) in [5.41, 5.74) is 9.20. The van der Waals surface area contributed by atoms with Crippen molar-refractivity contribution in [3.63, 3.8) is 0 Å². The molecule has 20 heavy (non-hydrogen) atoms. The smallest absolute Gasteiger partial charge is 0.258 e. The molecule has 0 spiro atoms. The molecule has 5 heteroatoms. The molecule has 102 valence electrons. The maximum Gasteiger partial charge on any atom is 0.258 e. The van der Waals surface area contributed by atoms with E-state index in [0.717, 1.165) is 21.2 Å². The quantitative estimate of drug-likeness (QED) is 0.588. The third kappa shape index (κ3) is 2.27. The molecule has 0 saturated heterocycles. The van der Waals surface area contributed by atoms with Gasteiger partial charge in [0.15, 0.2) is 0 Å². The molecule has 0 saturated carbocycles. The summed E-state index contributed by atoms with van der Waals surface area (Å²) < 4.78 is 0.933. The first-order valence-electron chi connectivity index (χ1n) is 6.22. The molecule has 2 aromatic carbocycles. The fraction of sp³-hybridized carbons (Fsp3) is 0.133. The van der Waals surface area contributed by atoms with Crippen LogP contribution in [0.25, 0.3) is 0 Å². The summed E-state index contributed by atoms with van der Waals surface area (Å²) in [7, 11) is 0. The Hall–Kier alpha value is -1.27. The number of benzene rings is 2. The molecule has 0 aromatic heterocycles. The van der Waals surface area contributed by atoms with Crippen molar-refractivity contribution in [1.29, 1.82) is 0 Å². The van der Waals surface area contributed by atoms with E-state index in [2.05, 4.69) is 22.6 Å².